The minimum absolute atomic E-state index is 0.124. The molecule has 0 aliphatic rings. The van der Waals surface area contributed by atoms with E-state index in [-0.39, 0.29) is 23.3 Å². The normalized spacial score (nSPS) is 13.2. The van der Waals surface area contributed by atoms with Crippen LogP contribution in [-0.2, 0) is 10.0 Å². The van der Waals surface area contributed by atoms with Crippen molar-refractivity contribution in [1.82, 2.24) is 4.72 Å². The van der Waals surface area contributed by atoms with Gasteiger partial charge in [0, 0.05) is 12.5 Å². The molecule has 1 unspecified atom stereocenters. The lowest BCUT2D eigenvalue weighted by Crippen LogP contribution is -2.26. The summed E-state index contributed by atoms with van der Waals surface area (Å²) in [7, 11) is -3.47. The van der Waals surface area contributed by atoms with E-state index >= 15 is 0 Å². The average molecular weight is 280 g/mol. The molecule has 0 heterocycles. The first-order valence-corrected chi connectivity index (χ1v) is 7.81. The van der Waals surface area contributed by atoms with Crippen molar-refractivity contribution in [3.05, 3.63) is 29.8 Å². The van der Waals surface area contributed by atoms with Crippen LogP contribution in [0.3, 0.4) is 0 Å². The quantitative estimate of drug-likeness (QED) is 0.870. The second kappa shape index (κ2) is 6.69. The fourth-order valence-electron chi connectivity index (χ4n) is 1.70. The van der Waals surface area contributed by atoms with Crippen LogP contribution < -0.4 is 4.72 Å². The molecule has 0 radical (unpaired) electrons. The molecule has 0 aromatic heterocycles. The molecular formula is C14H20N2O2S. The molecule has 104 valence electrons. The molecule has 0 fully saturated rings. The first-order valence-electron chi connectivity index (χ1n) is 6.33. The smallest absolute Gasteiger partial charge is 0.211 e. The van der Waals surface area contributed by atoms with Gasteiger partial charge in [0.15, 0.2) is 0 Å². The van der Waals surface area contributed by atoms with E-state index in [0.29, 0.717) is 6.42 Å². The van der Waals surface area contributed by atoms with E-state index < -0.39 is 10.0 Å². The van der Waals surface area contributed by atoms with Crippen LogP contribution in [0.15, 0.2) is 29.2 Å². The van der Waals surface area contributed by atoms with Gasteiger partial charge in [-0.25, -0.2) is 13.1 Å². The van der Waals surface area contributed by atoms with E-state index in [1.165, 1.54) is 0 Å². The maximum Gasteiger partial charge on any atom is 0.240 e. The molecule has 1 atom stereocenters. The Kier molecular flexibility index (Phi) is 5.52. The van der Waals surface area contributed by atoms with Gasteiger partial charge < -0.3 is 0 Å². The van der Waals surface area contributed by atoms with Gasteiger partial charge in [0.2, 0.25) is 10.0 Å². The third kappa shape index (κ3) is 4.66. The van der Waals surface area contributed by atoms with Crippen LogP contribution in [0.5, 0.6) is 0 Å². The second-order valence-corrected chi connectivity index (χ2v) is 6.75. The zero-order chi connectivity index (χ0) is 14.5. The summed E-state index contributed by atoms with van der Waals surface area (Å²) in [6.45, 7) is 6.11. The van der Waals surface area contributed by atoms with Crippen molar-refractivity contribution in [2.45, 2.75) is 32.1 Å². The highest BCUT2D eigenvalue weighted by Gasteiger charge is 2.16. The summed E-state index contributed by atoms with van der Waals surface area (Å²) >= 11 is 0. The SMILES string of the molecule is Cc1ccc(S(=O)(=O)NCCC(C#N)C(C)C)cc1. The van der Waals surface area contributed by atoms with Crippen molar-refractivity contribution in [2.75, 3.05) is 6.54 Å². The Hall–Kier alpha value is -1.38. The van der Waals surface area contributed by atoms with E-state index in [2.05, 4.69) is 10.8 Å². The summed E-state index contributed by atoms with van der Waals surface area (Å²) in [6.07, 6.45) is 0.527. The van der Waals surface area contributed by atoms with Gasteiger partial charge in [0.25, 0.3) is 0 Å². The van der Waals surface area contributed by atoms with Gasteiger partial charge in [-0.3, -0.25) is 0 Å². The van der Waals surface area contributed by atoms with Gasteiger partial charge >= 0.3 is 0 Å². The van der Waals surface area contributed by atoms with Crippen LogP contribution in [0, 0.1) is 30.1 Å². The lowest BCUT2D eigenvalue weighted by molar-refractivity contribution is 0.444. The Morgan fingerprint density at radius 3 is 2.32 bits per heavy atom. The van der Waals surface area contributed by atoms with Gasteiger partial charge in [-0.05, 0) is 31.4 Å². The van der Waals surface area contributed by atoms with E-state index in [9.17, 15) is 8.42 Å². The molecule has 1 aromatic rings. The topological polar surface area (TPSA) is 70.0 Å². The molecular weight excluding hydrogens is 260 g/mol. The molecule has 0 saturated heterocycles. The lowest BCUT2D eigenvalue weighted by Gasteiger charge is -2.13. The fourth-order valence-corrected chi connectivity index (χ4v) is 2.74. The van der Waals surface area contributed by atoms with Gasteiger partial charge in [-0.2, -0.15) is 5.26 Å². The van der Waals surface area contributed by atoms with E-state index in [4.69, 9.17) is 5.26 Å². The standard InChI is InChI=1S/C14H20N2O2S/c1-11(2)13(10-15)8-9-16-19(17,18)14-6-4-12(3)5-7-14/h4-7,11,13,16H,8-9H2,1-3H3. The molecule has 0 bridgehead atoms. The summed E-state index contributed by atoms with van der Waals surface area (Å²) in [5.41, 5.74) is 1.02. The minimum atomic E-state index is -3.47. The second-order valence-electron chi connectivity index (χ2n) is 4.98. The predicted molar refractivity (Wildman–Crippen MR) is 74.9 cm³/mol. The number of nitriles is 1. The number of benzene rings is 1. The maximum absolute atomic E-state index is 12.0. The number of nitrogens with one attached hydrogen (secondary N) is 1. The number of sulfonamides is 1. The van der Waals surface area contributed by atoms with Crippen molar-refractivity contribution in [3.63, 3.8) is 0 Å². The number of nitrogens with zero attached hydrogens (tertiary/aromatic N) is 1. The molecule has 0 aliphatic heterocycles. The minimum Gasteiger partial charge on any atom is -0.211 e. The van der Waals surface area contributed by atoms with Crippen molar-refractivity contribution >= 4 is 10.0 Å². The molecule has 0 amide bonds. The highest BCUT2D eigenvalue weighted by Crippen LogP contribution is 2.14. The number of rotatable bonds is 6. The van der Waals surface area contributed by atoms with Gasteiger partial charge in [-0.1, -0.05) is 31.5 Å². The number of hydrogen-bond acceptors (Lipinski definition) is 3. The fraction of sp³-hybridized carbons (Fsp3) is 0.500. The molecule has 0 saturated carbocycles. The number of hydrogen-bond donors (Lipinski definition) is 1. The molecule has 4 nitrogen and oxygen atoms in total. The molecule has 0 spiro atoms. The van der Waals surface area contributed by atoms with Crippen LogP contribution >= 0.6 is 0 Å². The van der Waals surface area contributed by atoms with Gasteiger partial charge in [0.1, 0.15) is 0 Å². The van der Waals surface area contributed by atoms with Crippen molar-refractivity contribution in [3.8, 4) is 6.07 Å². The number of aryl methyl sites for hydroxylation is 1. The van der Waals surface area contributed by atoms with E-state index in [1.807, 2.05) is 20.8 Å². The highest BCUT2D eigenvalue weighted by molar-refractivity contribution is 7.89. The van der Waals surface area contributed by atoms with Crippen molar-refractivity contribution in [1.29, 1.82) is 5.26 Å². The molecule has 19 heavy (non-hydrogen) atoms. The largest absolute Gasteiger partial charge is 0.240 e. The molecule has 1 rings (SSSR count). The van der Waals surface area contributed by atoms with Crippen LogP contribution in [0.4, 0.5) is 0 Å². The van der Waals surface area contributed by atoms with Crippen LogP contribution in [0.25, 0.3) is 0 Å². The predicted octanol–water partition coefficient (Wildman–Crippen LogP) is 2.46. The maximum atomic E-state index is 12.0. The Morgan fingerprint density at radius 2 is 1.84 bits per heavy atom. The summed E-state index contributed by atoms with van der Waals surface area (Å²) in [6, 6.07) is 8.90. The summed E-state index contributed by atoms with van der Waals surface area (Å²) in [4.78, 5) is 0.260. The Labute approximate surface area is 115 Å². The van der Waals surface area contributed by atoms with Crippen molar-refractivity contribution in [2.24, 2.45) is 11.8 Å². The summed E-state index contributed by atoms with van der Waals surface area (Å²) in [5, 5.41) is 8.95. The Bertz CT molecular complexity index is 542. The van der Waals surface area contributed by atoms with Gasteiger partial charge in [0.05, 0.1) is 11.0 Å². The summed E-state index contributed by atoms with van der Waals surface area (Å²) < 4.78 is 26.5. The Balaban J connectivity index is 2.62. The summed E-state index contributed by atoms with van der Waals surface area (Å²) in [5.74, 6) is 0.106. The first-order chi connectivity index (χ1) is 8.86. The third-order valence-electron chi connectivity index (χ3n) is 3.05. The van der Waals surface area contributed by atoms with E-state index in [1.54, 1.807) is 24.3 Å². The highest BCUT2D eigenvalue weighted by atomic mass is 32.2. The zero-order valence-corrected chi connectivity index (χ0v) is 12.4. The first kappa shape index (κ1) is 15.7. The molecule has 1 N–H and O–H groups in total. The molecule has 0 aliphatic carbocycles. The molecule has 5 heteroatoms. The molecule has 1 aromatic carbocycles. The lowest BCUT2D eigenvalue weighted by atomic mass is 9.94. The van der Waals surface area contributed by atoms with Crippen LogP contribution in [0.2, 0.25) is 0 Å². The van der Waals surface area contributed by atoms with Crippen LogP contribution in [0.1, 0.15) is 25.8 Å². The van der Waals surface area contributed by atoms with Crippen LogP contribution in [-0.4, -0.2) is 15.0 Å². The average Bonchev–Trinajstić information content (AvgIpc) is 2.34. The van der Waals surface area contributed by atoms with E-state index in [0.717, 1.165) is 5.56 Å². The third-order valence-corrected chi connectivity index (χ3v) is 4.53. The Morgan fingerprint density at radius 1 is 1.26 bits per heavy atom. The van der Waals surface area contributed by atoms with Gasteiger partial charge in [-0.15, -0.1) is 0 Å². The zero-order valence-electron chi connectivity index (χ0n) is 11.6. The monoisotopic (exact) mass is 280 g/mol. The van der Waals surface area contributed by atoms with Crippen molar-refractivity contribution < 1.29 is 8.42 Å².